The summed E-state index contributed by atoms with van der Waals surface area (Å²) in [4.78, 5) is 116. The van der Waals surface area contributed by atoms with Crippen molar-refractivity contribution in [2.24, 2.45) is 55.1 Å². The van der Waals surface area contributed by atoms with Gasteiger partial charge in [0.05, 0.1) is 6.04 Å². The highest BCUT2D eigenvalue weighted by Gasteiger charge is 2.34. The van der Waals surface area contributed by atoms with E-state index in [1.165, 1.54) is 24.3 Å². The average Bonchev–Trinajstić information content (AvgIpc) is 4.08. The number of nitrogens with zero attached hydrogens (tertiary/aromatic N) is 3. The molecule has 0 spiro atoms. The van der Waals surface area contributed by atoms with Gasteiger partial charge < -0.3 is 92.2 Å². The molecule has 6 amide bonds. The predicted molar refractivity (Wildman–Crippen MR) is 307 cm³/mol. The highest BCUT2D eigenvalue weighted by atomic mass is 32.1. The van der Waals surface area contributed by atoms with E-state index >= 15 is 0 Å². The van der Waals surface area contributed by atoms with Gasteiger partial charge in [-0.25, -0.2) is 4.79 Å². The molecule has 5 aromatic rings. The molecule has 80 heavy (non-hydrogen) atoms. The Morgan fingerprint density at radius 2 is 0.863 bits per heavy atom. The molecule has 5 rings (SSSR count). The number of carboxylic acid groups (broad SMARTS) is 1. The van der Waals surface area contributed by atoms with Gasteiger partial charge in [-0.1, -0.05) is 48.5 Å². The molecule has 2 heterocycles. The molecule has 0 aliphatic heterocycles. The average molecular weight is 1130 g/mol. The first-order chi connectivity index (χ1) is 38.2. The Morgan fingerprint density at radius 3 is 1.30 bits per heavy atom. The van der Waals surface area contributed by atoms with E-state index in [9.17, 15) is 43.8 Å². The van der Waals surface area contributed by atoms with Crippen molar-refractivity contribution >= 4 is 93.7 Å². The topological polar surface area (TPSA) is 483 Å². The molecule has 0 aliphatic carbocycles. The number of nitrogens with one attached hydrogen (secondary N) is 8. The van der Waals surface area contributed by atoms with Gasteiger partial charge in [-0.2, -0.15) is 12.6 Å². The molecule has 27 nitrogen and oxygen atoms in total. The summed E-state index contributed by atoms with van der Waals surface area (Å²) in [6.45, 7) is 0.358. The highest BCUT2D eigenvalue weighted by molar-refractivity contribution is 7.80. The summed E-state index contributed by atoms with van der Waals surface area (Å²) >= 11 is 4.37. The Balaban J connectivity index is 1.44. The lowest BCUT2D eigenvalue weighted by molar-refractivity contribution is -0.142. The van der Waals surface area contributed by atoms with Crippen LogP contribution in [0, 0.1) is 0 Å². The van der Waals surface area contributed by atoms with E-state index in [4.69, 9.17) is 40.1 Å². The van der Waals surface area contributed by atoms with Gasteiger partial charge in [0.25, 0.3) is 0 Å². The first kappa shape index (κ1) is 61.8. The quantitative estimate of drug-likeness (QED) is 0.00940. The fraction of sp³-hybridized carbons (Fsp3) is 0.385. The summed E-state index contributed by atoms with van der Waals surface area (Å²) in [5.41, 5.74) is 42.3. The monoisotopic (exact) mass is 1120 g/mol. The molecule has 7 atom stereocenters. The van der Waals surface area contributed by atoms with Crippen LogP contribution in [0.25, 0.3) is 21.8 Å². The molecule has 430 valence electrons. The van der Waals surface area contributed by atoms with Crippen molar-refractivity contribution in [2.75, 3.05) is 25.4 Å². The number of aromatic amines is 2. The van der Waals surface area contributed by atoms with E-state index in [1.807, 2.05) is 36.4 Å². The second-order valence-corrected chi connectivity index (χ2v) is 19.2. The van der Waals surface area contributed by atoms with Crippen molar-refractivity contribution in [3.05, 3.63) is 102 Å². The van der Waals surface area contributed by atoms with Gasteiger partial charge in [0.2, 0.25) is 35.4 Å². The molecule has 0 radical (unpaired) electrons. The molecule has 0 unspecified atom stereocenters. The van der Waals surface area contributed by atoms with Gasteiger partial charge in [0.15, 0.2) is 17.9 Å². The maximum Gasteiger partial charge on any atom is 0.326 e. The number of thiol groups is 1. The van der Waals surface area contributed by atoms with Crippen LogP contribution in [0.4, 0.5) is 0 Å². The zero-order valence-electron chi connectivity index (χ0n) is 43.9. The van der Waals surface area contributed by atoms with Crippen molar-refractivity contribution in [2.45, 2.75) is 100 Å². The predicted octanol–water partition coefficient (Wildman–Crippen LogP) is -2.21. The maximum absolute atomic E-state index is 15.0. The normalized spacial score (nSPS) is 13.7. The van der Waals surface area contributed by atoms with Crippen LogP contribution < -0.4 is 72.0 Å². The number of aromatic nitrogens is 2. The van der Waals surface area contributed by atoms with Gasteiger partial charge >= 0.3 is 5.97 Å². The number of phenols is 1. The Bertz CT molecular complexity index is 3010. The second-order valence-electron chi connectivity index (χ2n) is 18.8. The number of rotatable bonds is 32. The highest BCUT2D eigenvalue weighted by Crippen LogP contribution is 2.22. The third-order valence-corrected chi connectivity index (χ3v) is 13.1. The number of fused-ring (bicyclic) bond motifs is 2. The maximum atomic E-state index is 15.0. The number of nitrogens with two attached hydrogens (primary N) is 7. The van der Waals surface area contributed by atoms with Crippen molar-refractivity contribution in [3.8, 4) is 5.75 Å². The van der Waals surface area contributed by atoms with Crippen molar-refractivity contribution in [3.63, 3.8) is 0 Å². The fourth-order valence-electron chi connectivity index (χ4n) is 8.56. The Hall–Kier alpha value is -9.05. The Labute approximate surface area is 466 Å². The van der Waals surface area contributed by atoms with E-state index < -0.39 is 83.7 Å². The minimum absolute atomic E-state index is 0.00794. The number of aromatic hydroxyl groups is 1. The van der Waals surface area contributed by atoms with E-state index in [-0.39, 0.29) is 100 Å². The number of aliphatic imine (C=N–C) groups is 3. The number of hydrogen-bond acceptors (Lipinski definition) is 13. The van der Waals surface area contributed by atoms with E-state index in [1.54, 1.807) is 24.5 Å². The van der Waals surface area contributed by atoms with Crippen LogP contribution >= 0.6 is 12.6 Å². The smallest absolute Gasteiger partial charge is 0.326 e. The lowest BCUT2D eigenvalue weighted by Gasteiger charge is -2.27. The largest absolute Gasteiger partial charge is 0.508 e. The fourth-order valence-corrected chi connectivity index (χ4v) is 8.81. The zero-order chi connectivity index (χ0) is 58.3. The molecule has 2 aromatic heterocycles. The number of aliphatic carboxylic acids is 1. The van der Waals surface area contributed by atoms with Gasteiger partial charge in [-0.15, -0.1) is 0 Å². The standard InChI is InChI=1S/C52H72N18O9S/c53-34(10-5-19-60-50(54)55)43(72)65-37(13-6-20-61-51(56)57)44(73)67-39(23-29-25-63-35-11-3-1-8-32(29)35)46(75)68-40(24-30-26-64-36-12-4-2-9-33(30)36)47(76)70-42(27-80)48(77)66-38(14-7-21-62-52(58)59)45(74)69-41(49(78)79)22-28-15-17-31(71)18-16-28/h1-4,8-9,11-12,15-18,25-26,34,37-42,63-64,71,80H,5-7,10,13-14,19-24,27,53H2,(H,65,72)(H,66,77)(H,67,73)(H,68,75)(H,69,74)(H,70,76)(H,78,79)(H4,54,55,60)(H4,56,57,61)(H4,58,59,62)/t34-,37-,38-,39-,40-,41-,42-/m0/s1. The first-order valence-electron chi connectivity index (χ1n) is 25.7. The molecule has 24 N–H and O–H groups in total. The van der Waals surface area contributed by atoms with Crippen LogP contribution in [0.3, 0.4) is 0 Å². The number of carbonyl (C=O) groups is 7. The van der Waals surface area contributed by atoms with Crippen LogP contribution in [0.15, 0.2) is 100 Å². The summed E-state index contributed by atoms with van der Waals surface area (Å²) in [6, 6.07) is 10.8. The number of amides is 6. The third-order valence-electron chi connectivity index (χ3n) is 12.7. The van der Waals surface area contributed by atoms with Crippen molar-refractivity contribution < 1.29 is 43.8 Å². The molecular weight excluding hydrogens is 1050 g/mol. The molecule has 0 aliphatic rings. The van der Waals surface area contributed by atoms with Crippen LogP contribution in [-0.2, 0) is 52.8 Å². The first-order valence-corrected chi connectivity index (χ1v) is 26.3. The van der Waals surface area contributed by atoms with E-state index in [0.29, 0.717) is 23.1 Å². The van der Waals surface area contributed by atoms with Crippen molar-refractivity contribution in [1.29, 1.82) is 0 Å². The van der Waals surface area contributed by atoms with Gasteiger partial charge in [0.1, 0.15) is 42.0 Å². The number of para-hydroxylation sites is 2. The molecule has 3 aromatic carbocycles. The van der Waals surface area contributed by atoms with Gasteiger partial charge in [-0.3, -0.25) is 43.7 Å². The lowest BCUT2D eigenvalue weighted by Crippen LogP contribution is -2.60. The van der Waals surface area contributed by atoms with Crippen molar-refractivity contribution in [1.82, 2.24) is 41.9 Å². The minimum atomic E-state index is -1.46. The number of H-pyrrole nitrogens is 2. The minimum Gasteiger partial charge on any atom is -0.508 e. The molecule has 0 saturated heterocycles. The number of hydrogen-bond donors (Lipinski definition) is 18. The number of guanidine groups is 3. The summed E-state index contributed by atoms with van der Waals surface area (Å²) in [7, 11) is 0. The number of carbonyl (C=O) groups excluding carboxylic acids is 6. The van der Waals surface area contributed by atoms with Crippen LogP contribution in [0.1, 0.15) is 55.2 Å². The summed E-state index contributed by atoms with van der Waals surface area (Å²) in [5.74, 6) is -7.13. The SMILES string of the molecule is NC(N)=NCCC[C@H](NC(=O)[C@H](CS)NC(=O)[C@H](Cc1c[nH]c2ccccc12)NC(=O)[C@H](Cc1c[nH]c2ccccc12)NC(=O)[C@H](CCCN=C(N)N)NC(=O)[C@@H](N)CCCN=C(N)N)C(=O)N[C@@H](Cc1ccc(O)cc1)C(=O)O. The third kappa shape index (κ3) is 19.4. The van der Waals surface area contributed by atoms with Crippen LogP contribution in [-0.4, -0.2) is 147 Å². The molecule has 0 fully saturated rings. The lowest BCUT2D eigenvalue weighted by atomic mass is 10.0. The van der Waals surface area contributed by atoms with Crippen LogP contribution in [0.5, 0.6) is 5.75 Å². The molecular formula is C52H72N18O9S. The summed E-state index contributed by atoms with van der Waals surface area (Å²) in [5, 5.41) is 37.3. The zero-order valence-corrected chi connectivity index (χ0v) is 44.8. The number of phenolic OH excluding ortho intramolecular Hbond substituents is 1. The van der Waals surface area contributed by atoms with Gasteiger partial charge in [0, 0.05) is 78.8 Å². The molecule has 0 bridgehead atoms. The summed E-state index contributed by atoms with van der Waals surface area (Å²) in [6.07, 6.45) is 3.74. The number of carboxylic acids is 1. The molecule has 0 saturated carbocycles. The second kappa shape index (κ2) is 30.8. The molecule has 28 heteroatoms. The number of benzene rings is 3. The Kier molecular flexibility index (Phi) is 23.8. The van der Waals surface area contributed by atoms with E-state index in [2.05, 4.69) is 69.5 Å². The van der Waals surface area contributed by atoms with Crippen LogP contribution in [0.2, 0.25) is 0 Å². The van der Waals surface area contributed by atoms with E-state index in [0.717, 1.165) is 21.8 Å². The van der Waals surface area contributed by atoms with Gasteiger partial charge in [-0.05, 0) is 79.5 Å². The summed E-state index contributed by atoms with van der Waals surface area (Å²) < 4.78 is 0. The Morgan fingerprint density at radius 1 is 0.487 bits per heavy atom.